The number of rotatable bonds is 4. The van der Waals surface area contributed by atoms with Crippen LogP contribution >= 0.6 is 0 Å². The van der Waals surface area contributed by atoms with Crippen molar-refractivity contribution < 1.29 is 19.5 Å². The van der Waals surface area contributed by atoms with Crippen molar-refractivity contribution in [2.45, 2.75) is 38.6 Å². The summed E-state index contributed by atoms with van der Waals surface area (Å²) in [5, 5.41) is 14.6. The van der Waals surface area contributed by atoms with Gasteiger partial charge in [0.05, 0.1) is 17.9 Å². The molecule has 0 aromatic heterocycles. The van der Waals surface area contributed by atoms with Crippen molar-refractivity contribution in [1.82, 2.24) is 10.6 Å². The zero-order valence-corrected chi connectivity index (χ0v) is 11.0. The first-order valence-electron chi connectivity index (χ1n) is 6.81. The van der Waals surface area contributed by atoms with Gasteiger partial charge in [-0.05, 0) is 18.8 Å². The third-order valence-electron chi connectivity index (χ3n) is 4.22. The summed E-state index contributed by atoms with van der Waals surface area (Å²) in [6.07, 6.45) is 2.39. The minimum absolute atomic E-state index is 0.0714. The molecule has 106 valence electrons. The molecule has 19 heavy (non-hydrogen) atoms. The number of nitrogens with one attached hydrogen (secondary N) is 2. The van der Waals surface area contributed by atoms with Gasteiger partial charge in [0.15, 0.2) is 0 Å². The van der Waals surface area contributed by atoms with Gasteiger partial charge in [0.2, 0.25) is 11.8 Å². The summed E-state index contributed by atoms with van der Waals surface area (Å²) in [5.41, 5.74) is 0. The fourth-order valence-electron chi connectivity index (χ4n) is 3.05. The second-order valence-electron chi connectivity index (χ2n) is 5.51. The molecule has 6 nitrogen and oxygen atoms in total. The van der Waals surface area contributed by atoms with Gasteiger partial charge in [-0.15, -0.1) is 0 Å². The lowest BCUT2D eigenvalue weighted by Gasteiger charge is -2.18. The van der Waals surface area contributed by atoms with Crippen LogP contribution in [0.15, 0.2) is 0 Å². The molecule has 1 saturated carbocycles. The van der Waals surface area contributed by atoms with Crippen LogP contribution in [0.3, 0.4) is 0 Å². The van der Waals surface area contributed by atoms with Crippen molar-refractivity contribution in [3.63, 3.8) is 0 Å². The van der Waals surface area contributed by atoms with Gasteiger partial charge < -0.3 is 15.7 Å². The number of carbonyl (C=O) groups is 3. The van der Waals surface area contributed by atoms with E-state index in [9.17, 15) is 19.5 Å². The summed E-state index contributed by atoms with van der Waals surface area (Å²) in [5.74, 6) is -1.92. The maximum absolute atomic E-state index is 12.2. The SMILES string of the molecule is CCC1CC(C(=O)O)C(C(=O)NC2CNC(=O)C2)C1. The first-order chi connectivity index (χ1) is 9.01. The van der Waals surface area contributed by atoms with Gasteiger partial charge in [0.1, 0.15) is 0 Å². The molecule has 0 aromatic carbocycles. The van der Waals surface area contributed by atoms with E-state index in [0.717, 1.165) is 6.42 Å². The molecule has 1 heterocycles. The molecule has 0 aromatic rings. The molecule has 1 aliphatic heterocycles. The molecule has 1 saturated heterocycles. The molecule has 0 spiro atoms. The first-order valence-corrected chi connectivity index (χ1v) is 6.81. The van der Waals surface area contributed by atoms with Gasteiger partial charge in [-0.3, -0.25) is 14.4 Å². The van der Waals surface area contributed by atoms with E-state index in [1.54, 1.807) is 0 Å². The highest BCUT2D eigenvalue weighted by atomic mass is 16.4. The van der Waals surface area contributed by atoms with E-state index < -0.39 is 17.8 Å². The normalized spacial score (nSPS) is 34.1. The minimum Gasteiger partial charge on any atom is -0.481 e. The molecule has 2 amide bonds. The van der Waals surface area contributed by atoms with Crippen LogP contribution in [-0.4, -0.2) is 35.5 Å². The van der Waals surface area contributed by atoms with Gasteiger partial charge in [0, 0.05) is 13.0 Å². The van der Waals surface area contributed by atoms with Crippen molar-refractivity contribution in [2.24, 2.45) is 17.8 Å². The topological polar surface area (TPSA) is 95.5 Å². The van der Waals surface area contributed by atoms with Crippen LogP contribution in [0.5, 0.6) is 0 Å². The Hall–Kier alpha value is -1.59. The summed E-state index contributed by atoms with van der Waals surface area (Å²) < 4.78 is 0. The molecule has 2 aliphatic rings. The maximum Gasteiger partial charge on any atom is 0.307 e. The van der Waals surface area contributed by atoms with Crippen molar-refractivity contribution in [3.05, 3.63) is 0 Å². The lowest BCUT2D eigenvalue weighted by molar-refractivity contribution is -0.146. The van der Waals surface area contributed by atoms with E-state index in [4.69, 9.17) is 0 Å². The first kappa shape index (κ1) is 13.8. The molecular formula is C13H20N2O4. The Labute approximate surface area is 111 Å². The predicted molar refractivity (Wildman–Crippen MR) is 67.2 cm³/mol. The van der Waals surface area contributed by atoms with Gasteiger partial charge >= 0.3 is 5.97 Å². The van der Waals surface area contributed by atoms with Crippen LogP contribution in [0, 0.1) is 17.8 Å². The molecule has 3 N–H and O–H groups in total. The van der Waals surface area contributed by atoms with E-state index in [1.165, 1.54) is 0 Å². The Kier molecular flexibility index (Phi) is 4.07. The van der Waals surface area contributed by atoms with Crippen LogP contribution < -0.4 is 10.6 Å². The molecular weight excluding hydrogens is 248 g/mol. The third kappa shape index (κ3) is 3.05. The second kappa shape index (κ2) is 5.59. The number of hydrogen-bond acceptors (Lipinski definition) is 3. The van der Waals surface area contributed by atoms with Crippen LogP contribution in [-0.2, 0) is 14.4 Å². The van der Waals surface area contributed by atoms with E-state index in [2.05, 4.69) is 10.6 Å². The summed E-state index contributed by atoms with van der Waals surface area (Å²) >= 11 is 0. The summed E-state index contributed by atoms with van der Waals surface area (Å²) in [4.78, 5) is 34.5. The van der Waals surface area contributed by atoms with Crippen molar-refractivity contribution in [2.75, 3.05) is 6.54 Å². The van der Waals surface area contributed by atoms with Crippen molar-refractivity contribution in [3.8, 4) is 0 Å². The minimum atomic E-state index is -0.892. The second-order valence-corrected chi connectivity index (χ2v) is 5.51. The largest absolute Gasteiger partial charge is 0.481 e. The molecule has 4 unspecified atom stereocenters. The molecule has 4 atom stereocenters. The average Bonchev–Trinajstić information content (AvgIpc) is 2.95. The van der Waals surface area contributed by atoms with E-state index in [-0.39, 0.29) is 24.3 Å². The van der Waals surface area contributed by atoms with Crippen LogP contribution in [0.25, 0.3) is 0 Å². The molecule has 2 rings (SSSR count). The average molecular weight is 268 g/mol. The summed E-state index contributed by atoms with van der Waals surface area (Å²) in [7, 11) is 0. The van der Waals surface area contributed by atoms with Crippen molar-refractivity contribution >= 4 is 17.8 Å². The fourth-order valence-corrected chi connectivity index (χ4v) is 3.05. The molecule has 0 bridgehead atoms. The lowest BCUT2D eigenvalue weighted by atomic mass is 9.95. The highest BCUT2D eigenvalue weighted by Crippen LogP contribution is 2.38. The van der Waals surface area contributed by atoms with Crippen LogP contribution in [0.1, 0.15) is 32.6 Å². The maximum atomic E-state index is 12.2. The van der Waals surface area contributed by atoms with E-state index in [1.807, 2.05) is 6.92 Å². The van der Waals surface area contributed by atoms with Crippen LogP contribution in [0.2, 0.25) is 0 Å². The van der Waals surface area contributed by atoms with Gasteiger partial charge in [-0.2, -0.15) is 0 Å². The number of aliphatic carboxylic acids is 1. The summed E-state index contributed by atoms with van der Waals surface area (Å²) in [6.45, 7) is 2.45. The number of carboxylic acid groups (broad SMARTS) is 1. The van der Waals surface area contributed by atoms with E-state index >= 15 is 0 Å². The Morgan fingerprint density at radius 2 is 2.05 bits per heavy atom. The Morgan fingerprint density at radius 1 is 1.37 bits per heavy atom. The predicted octanol–water partition coefficient (Wildman–Crippen LogP) is 0.128. The van der Waals surface area contributed by atoms with Crippen LogP contribution in [0.4, 0.5) is 0 Å². The Balaban J connectivity index is 1.96. The lowest BCUT2D eigenvalue weighted by Crippen LogP contribution is -2.42. The third-order valence-corrected chi connectivity index (χ3v) is 4.22. The zero-order valence-electron chi connectivity index (χ0n) is 11.0. The quantitative estimate of drug-likeness (QED) is 0.675. The Morgan fingerprint density at radius 3 is 2.58 bits per heavy atom. The van der Waals surface area contributed by atoms with Gasteiger partial charge in [-0.25, -0.2) is 0 Å². The monoisotopic (exact) mass is 268 g/mol. The highest BCUT2D eigenvalue weighted by Gasteiger charge is 2.42. The number of carbonyl (C=O) groups excluding carboxylic acids is 2. The zero-order chi connectivity index (χ0) is 14.0. The highest BCUT2D eigenvalue weighted by molar-refractivity contribution is 5.87. The number of amides is 2. The van der Waals surface area contributed by atoms with E-state index in [0.29, 0.717) is 25.3 Å². The standard InChI is InChI=1S/C13H20N2O4/c1-2-7-3-9(10(4-7)13(18)19)12(17)15-8-5-11(16)14-6-8/h7-10H,2-6H2,1H3,(H,14,16)(H,15,17)(H,18,19). The Bertz CT molecular complexity index is 396. The molecule has 6 heteroatoms. The van der Waals surface area contributed by atoms with Gasteiger partial charge in [0.25, 0.3) is 0 Å². The fraction of sp³-hybridized carbons (Fsp3) is 0.769. The van der Waals surface area contributed by atoms with Gasteiger partial charge in [-0.1, -0.05) is 13.3 Å². The number of carboxylic acids is 1. The molecule has 2 fully saturated rings. The molecule has 1 aliphatic carbocycles. The number of hydrogen-bond donors (Lipinski definition) is 3. The van der Waals surface area contributed by atoms with Crippen molar-refractivity contribution in [1.29, 1.82) is 0 Å². The summed E-state index contributed by atoms with van der Waals surface area (Å²) in [6, 6.07) is -0.199. The smallest absolute Gasteiger partial charge is 0.307 e. The molecule has 0 radical (unpaired) electrons.